The fourth-order valence-corrected chi connectivity index (χ4v) is 1.91. The molecule has 0 aliphatic heterocycles. The van der Waals surface area contributed by atoms with E-state index in [0.717, 1.165) is 18.4 Å². The van der Waals surface area contributed by atoms with Gasteiger partial charge in [0.05, 0.1) is 12.5 Å². The van der Waals surface area contributed by atoms with Crippen LogP contribution in [0.5, 0.6) is 0 Å². The SMILES string of the molecule is O=C(NCc1ccoc1)C1CCCC1. The Morgan fingerprint density at radius 3 is 2.93 bits per heavy atom. The van der Waals surface area contributed by atoms with Crippen LogP contribution < -0.4 is 5.32 Å². The Bertz CT molecular complexity index is 286. The average molecular weight is 193 g/mol. The number of amides is 1. The minimum absolute atomic E-state index is 0.198. The van der Waals surface area contributed by atoms with Crippen LogP contribution in [0.1, 0.15) is 31.2 Å². The number of rotatable bonds is 3. The summed E-state index contributed by atoms with van der Waals surface area (Å²) in [6.45, 7) is 0.589. The average Bonchev–Trinajstić information content (AvgIpc) is 2.87. The van der Waals surface area contributed by atoms with Crippen LogP contribution in [0.4, 0.5) is 0 Å². The number of nitrogens with one attached hydrogen (secondary N) is 1. The topological polar surface area (TPSA) is 42.2 Å². The molecule has 0 saturated heterocycles. The molecule has 0 spiro atoms. The second-order valence-electron chi connectivity index (χ2n) is 3.83. The molecule has 1 aromatic rings. The van der Waals surface area contributed by atoms with Gasteiger partial charge in [-0.25, -0.2) is 0 Å². The Morgan fingerprint density at radius 1 is 1.50 bits per heavy atom. The van der Waals surface area contributed by atoms with E-state index >= 15 is 0 Å². The van der Waals surface area contributed by atoms with E-state index in [-0.39, 0.29) is 11.8 Å². The molecule has 1 aliphatic rings. The van der Waals surface area contributed by atoms with Crippen LogP contribution in [0.3, 0.4) is 0 Å². The maximum atomic E-state index is 11.6. The fraction of sp³-hybridized carbons (Fsp3) is 0.545. The van der Waals surface area contributed by atoms with E-state index < -0.39 is 0 Å². The summed E-state index contributed by atoms with van der Waals surface area (Å²) in [6.07, 6.45) is 7.79. The van der Waals surface area contributed by atoms with Crippen LogP contribution >= 0.6 is 0 Å². The third-order valence-corrected chi connectivity index (χ3v) is 2.77. The van der Waals surface area contributed by atoms with Crippen LogP contribution in [0.2, 0.25) is 0 Å². The Labute approximate surface area is 83.5 Å². The lowest BCUT2D eigenvalue weighted by Gasteiger charge is -2.08. The summed E-state index contributed by atoms with van der Waals surface area (Å²) in [5, 5.41) is 2.93. The van der Waals surface area contributed by atoms with Crippen molar-refractivity contribution in [3.05, 3.63) is 24.2 Å². The van der Waals surface area contributed by atoms with E-state index in [0.29, 0.717) is 6.54 Å². The molecular weight excluding hydrogens is 178 g/mol. The van der Waals surface area contributed by atoms with Gasteiger partial charge in [-0.15, -0.1) is 0 Å². The van der Waals surface area contributed by atoms with E-state index in [1.165, 1.54) is 12.8 Å². The van der Waals surface area contributed by atoms with Crippen molar-refractivity contribution in [1.29, 1.82) is 0 Å². The van der Waals surface area contributed by atoms with E-state index in [2.05, 4.69) is 5.32 Å². The van der Waals surface area contributed by atoms with Gasteiger partial charge in [-0.1, -0.05) is 12.8 Å². The van der Waals surface area contributed by atoms with Gasteiger partial charge in [-0.05, 0) is 18.9 Å². The molecule has 1 fully saturated rings. The van der Waals surface area contributed by atoms with E-state index in [1.807, 2.05) is 6.07 Å². The molecule has 14 heavy (non-hydrogen) atoms. The van der Waals surface area contributed by atoms with Gasteiger partial charge in [0.25, 0.3) is 0 Å². The van der Waals surface area contributed by atoms with Crippen molar-refractivity contribution < 1.29 is 9.21 Å². The van der Waals surface area contributed by atoms with Gasteiger partial charge in [0.15, 0.2) is 0 Å². The molecule has 1 aromatic heterocycles. The first kappa shape index (κ1) is 9.31. The molecule has 3 heteroatoms. The number of furan rings is 1. The molecular formula is C11H15NO2. The quantitative estimate of drug-likeness (QED) is 0.798. The maximum Gasteiger partial charge on any atom is 0.223 e. The van der Waals surface area contributed by atoms with Crippen molar-refractivity contribution in [3.8, 4) is 0 Å². The molecule has 3 nitrogen and oxygen atoms in total. The van der Waals surface area contributed by atoms with Crippen LogP contribution in [-0.4, -0.2) is 5.91 Å². The number of carbonyl (C=O) groups is 1. The minimum atomic E-state index is 0.198. The number of hydrogen-bond donors (Lipinski definition) is 1. The van der Waals surface area contributed by atoms with Crippen molar-refractivity contribution in [2.75, 3.05) is 0 Å². The Morgan fingerprint density at radius 2 is 2.29 bits per heavy atom. The molecule has 2 rings (SSSR count). The molecule has 0 unspecified atom stereocenters. The van der Waals surface area contributed by atoms with Gasteiger partial charge in [0.1, 0.15) is 0 Å². The molecule has 1 heterocycles. The standard InChI is InChI=1S/C11H15NO2/c13-11(10-3-1-2-4-10)12-7-9-5-6-14-8-9/h5-6,8,10H,1-4,7H2,(H,12,13). The highest BCUT2D eigenvalue weighted by molar-refractivity contribution is 5.78. The van der Waals surface area contributed by atoms with Gasteiger partial charge in [0, 0.05) is 18.0 Å². The second kappa shape index (κ2) is 4.31. The van der Waals surface area contributed by atoms with Crippen LogP contribution in [0, 0.1) is 5.92 Å². The summed E-state index contributed by atoms with van der Waals surface area (Å²) in [4.78, 5) is 11.6. The third kappa shape index (κ3) is 2.16. The third-order valence-electron chi connectivity index (χ3n) is 2.77. The summed E-state index contributed by atoms with van der Waals surface area (Å²) in [5.41, 5.74) is 1.02. The summed E-state index contributed by atoms with van der Waals surface area (Å²) in [7, 11) is 0. The van der Waals surface area contributed by atoms with Crippen molar-refractivity contribution in [2.45, 2.75) is 32.2 Å². The molecule has 0 bridgehead atoms. The molecule has 76 valence electrons. The first-order chi connectivity index (χ1) is 6.86. The van der Waals surface area contributed by atoms with Crippen LogP contribution in [0.25, 0.3) is 0 Å². The van der Waals surface area contributed by atoms with Crippen LogP contribution in [-0.2, 0) is 11.3 Å². The Kier molecular flexibility index (Phi) is 2.87. The molecule has 1 aliphatic carbocycles. The summed E-state index contributed by atoms with van der Waals surface area (Å²) < 4.78 is 4.92. The van der Waals surface area contributed by atoms with Crippen LogP contribution in [0.15, 0.2) is 23.0 Å². The Balaban J connectivity index is 1.77. The fourth-order valence-electron chi connectivity index (χ4n) is 1.91. The molecule has 1 N–H and O–H groups in total. The van der Waals surface area contributed by atoms with Crippen molar-refractivity contribution >= 4 is 5.91 Å². The molecule has 1 saturated carbocycles. The second-order valence-corrected chi connectivity index (χ2v) is 3.83. The number of carbonyl (C=O) groups excluding carboxylic acids is 1. The van der Waals surface area contributed by atoms with Crippen molar-refractivity contribution in [1.82, 2.24) is 5.32 Å². The van der Waals surface area contributed by atoms with Gasteiger partial charge >= 0.3 is 0 Å². The highest BCUT2D eigenvalue weighted by Gasteiger charge is 2.21. The predicted octanol–water partition coefficient (Wildman–Crippen LogP) is 2.09. The predicted molar refractivity (Wildman–Crippen MR) is 52.5 cm³/mol. The van der Waals surface area contributed by atoms with Crippen molar-refractivity contribution in [2.24, 2.45) is 5.92 Å². The monoisotopic (exact) mass is 193 g/mol. The lowest BCUT2D eigenvalue weighted by Crippen LogP contribution is -2.28. The lowest BCUT2D eigenvalue weighted by molar-refractivity contribution is -0.124. The van der Waals surface area contributed by atoms with Gasteiger partial charge < -0.3 is 9.73 Å². The van der Waals surface area contributed by atoms with Gasteiger partial charge in [-0.3, -0.25) is 4.79 Å². The summed E-state index contributed by atoms with van der Waals surface area (Å²) >= 11 is 0. The highest BCUT2D eigenvalue weighted by atomic mass is 16.3. The zero-order valence-corrected chi connectivity index (χ0v) is 8.16. The molecule has 0 radical (unpaired) electrons. The minimum Gasteiger partial charge on any atom is -0.472 e. The van der Waals surface area contributed by atoms with Crippen molar-refractivity contribution in [3.63, 3.8) is 0 Å². The van der Waals surface area contributed by atoms with E-state index in [9.17, 15) is 4.79 Å². The number of hydrogen-bond acceptors (Lipinski definition) is 2. The van der Waals surface area contributed by atoms with Gasteiger partial charge in [0.2, 0.25) is 5.91 Å². The summed E-state index contributed by atoms with van der Waals surface area (Å²) in [5.74, 6) is 0.450. The lowest BCUT2D eigenvalue weighted by atomic mass is 10.1. The molecule has 0 atom stereocenters. The van der Waals surface area contributed by atoms with E-state index in [4.69, 9.17) is 4.42 Å². The molecule has 1 amide bonds. The van der Waals surface area contributed by atoms with Gasteiger partial charge in [-0.2, -0.15) is 0 Å². The zero-order chi connectivity index (χ0) is 9.80. The maximum absolute atomic E-state index is 11.6. The first-order valence-corrected chi connectivity index (χ1v) is 5.15. The Hall–Kier alpha value is -1.25. The largest absolute Gasteiger partial charge is 0.472 e. The zero-order valence-electron chi connectivity index (χ0n) is 8.16. The first-order valence-electron chi connectivity index (χ1n) is 5.15. The van der Waals surface area contributed by atoms with E-state index in [1.54, 1.807) is 12.5 Å². The molecule has 0 aromatic carbocycles. The summed E-state index contributed by atoms with van der Waals surface area (Å²) in [6, 6.07) is 1.87. The highest BCUT2D eigenvalue weighted by Crippen LogP contribution is 2.24. The smallest absolute Gasteiger partial charge is 0.223 e. The normalized spacial score (nSPS) is 17.1.